The largest absolute Gasteiger partial charge is 0.323 e. The molecule has 0 heterocycles. The topological polar surface area (TPSA) is 29.1 Å². The number of carbonyl (C=O) groups is 1. The number of halogens is 1. The summed E-state index contributed by atoms with van der Waals surface area (Å²) in [4.78, 5) is 11.7. The average Bonchev–Trinajstić information content (AvgIpc) is 2.46. The Morgan fingerprint density at radius 3 is 2.60 bits per heavy atom. The number of amides is 1. The van der Waals surface area contributed by atoms with Crippen LogP contribution in [-0.4, -0.2) is 5.91 Å². The summed E-state index contributed by atoms with van der Waals surface area (Å²) >= 11 is 0. The molecule has 0 unspecified atom stereocenters. The van der Waals surface area contributed by atoms with Gasteiger partial charge in [-0.2, -0.15) is 0 Å². The van der Waals surface area contributed by atoms with Gasteiger partial charge in [0.2, 0.25) is 5.91 Å². The first-order valence-corrected chi connectivity index (χ1v) is 6.51. The molecule has 2 aromatic rings. The fourth-order valence-electron chi connectivity index (χ4n) is 1.79. The standard InChI is InChI=1S/C17H16FNO/c1-2-13-6-9-16(10-7-13)19-17(20)11-8-14-4-3-5-15(18)12-14/h3-12H,2H2,1H3,(H,19,20). The van der Waals surface area contributed by atoms with Gasteiger partial charge in [-0.05, 0) is 47.9 Å². The van der Waals surface area contributed by atoms with Gasteiger partial charge in [-0.25, -0.2) is 4.39 Å². The number of aryl methyl sites for hydroxylation is 1. The van der Waals surface area contributed by atoms with E-state index in [-0.39, 0.29) is 11.7 Å². The molecular weight excluding hydrogens is 253 g/mol. The zero-order valence-electron chi connectivity index (χ0n) is 11.3. The van der Waals surface area contributed by atoms with Crippen LogP contribution in [0.3, 0.4) is 0 Å². The predicted octanol–water partition coefficient (Wildman–Crippen LogP) is 4.04. The third kappa shape index (κ3) is 4.05. The molecule has 102 valence electrons. The van der Waals surface area contributed by atoms with Crippen molar-refractivity contribution in [1.82, 2.24) is 0 Å². The second-order valence-corrected chi connectivity index (χ2v) is 4.43. The monoisotopic (exact) mass is 269 g/mol. The Labute approximate surface area is 118 Å². The summed E-state index contributed by atoms with van der Waals surface area (Å²) < 4.78 is 13.0. The summed E-state index contributed by atoms with van der Waals surface area (Å²) in [5.74, 6) is -0.554. The molecule has 0 aliphatic heterocycles. The Morgan fingerprint density at radius 2 is 1.95 bits per heavy atom. The smallest absolute Gasteiger partial charge is 0.248 e. The third-order valence-corrected chi connectivity index (χ3v) is 2.91. The van der Waals surface area contributed by atoms with Crippen LogP contribution in [0, 0.1) is 5.82 Å². The molecule has 0 aliphatic carbocycles. The predicted molar refractivity (Wildman–Crippen MR) is 79.9 cm³/mol. The van der Waals surface area contributed by atoms with Crippen molar-refractivity contribution in [1.29, 1.82) is 0 Å². The first kappa shape index (κ1) is 14.0. The average molecular weight is 269 g/mol. The lowest BCUT2D eigenvalue weighted by molar-refractivity contribution is -0.111. The first-order chi connectivity index (χ1) is 9.67. The van der Waals surface area contributed by atoms with Crippen molar-refractivity contribution in [3.8, 4) is 0 Å². The maximum Gasteiger partial charge on any atom is 0.248 e. The number of anilines is 1. The minimum atomic E-state index is -0.317. The van der Waals surface area contributed by atoms with E-state index < -0.39 is 0 Å². The minimum Gasteiger partial charge on any atom is -0.323 e. The van der Waals surface area contributed by atoms with Crippen LogP contribution < -0.4 is 5.32 Å². The molecule has 2 rings (SSSR count). The fourth-order valence-corrected chi connectivity index (χ4v) is 1.79. The van der Waals surface area contributed by atoms with Crippen molar-refractivity contribution in [2.45, 2.75) is 13.3 Å². The molecule has 1 N–H and O–H groups in total. The zero-order chi connectivity index (χ0) is 14.4. The Bertz CT molecular complexity index is 617. The SMILES string of the molecule is CCc1ccc(NC(=O)C=Cc2cccc(F)c2)cc1. The van der Waals surface area contributed by atoms with Crippen LogP contribution in [0.1, 0.15) is 18.1 Å². The number of carbonyl (C=O) groups excluding carboxylic acids is 1. The Morgan fingerprint density at radius 1 is 1.20 bits per heavy atom. The Hall–Kier alpha value is -2.42. The first-order valence-electron chi connectivity index (χ1n) is 6.51. The van der Waals surface area contributed by atoms with Gasteiger partial charge in [0.1, 0.15) is 5.82 Å². The lowest BCUT2D eigenvalue weighted by Gasteiger charge is -2.03. The van der Waals surface area contributed by atoms with Gasteiger partial charge in [0.25, 0.3) is 0 Å². The lowest BCUT2D eigenvalue weighted by atomic mass is 10.1. The highest BCUT2D eigenvalue weighted by molar-refractivity contribution is 6.01. The summed E-state index contributed by atoms with van der Waals surface area (Å²) in [5, 5.41) is 2.76. The van der Waals surface area contributed by atoms with Gasteiger partial charge in [0.05, 0.1) is 0 Å². The van der Waals surface area contributed by atoms with Crippen molar-refractivity contribution in [2.24, 2.45) is 0 Å². The zero-order valence-corrected chi connectivity index (χ0v) is 11.3. The van der Waals surface area contributed by atoms with E-state index >= 15 is 0 Å². The summed E-state index contributed by atoms with van der Waals surface area (Å²) in [6.07, 6.45) is 3.94. The molecule has 0 fully saturated rings. The molecule has 0 saturated carbocycles. The van der Waals surface area contributed by atoms with E-state index in [0.717, 1.165) is 12.1 Å². The molecule has 1 amide bonds. The lowest BCUT2D eigenvalue weighted by Crippen LogP contribution is -2.07. The molecule has 0 spiro atoms. The van der Waals surface area contributed by atoms with E-state index in [4.69, 9.17) is 0 Å². The van der Waals surface area contributed by atoms with Crippen molar-refractivity contribution in [3.63, 3.8) is 0 Å². The van der Waals surface area contributed by atoms with E-state index in [1.54, 1.807) is 18.2 Å². The number of rotatable bonds is 4. The molecule has 0 aliphatic rings. The Balaban J connectivity index is 1.98. The van der Waals surface area contributed by atoms with Gasteiger partial charge in [-0.15, -0.1) is 0 Å². The third-order valence-electron chi connectivity index (χ3n) is 2.91. The molecule has 20 heavy (non-hydrogen) atoms. The summed E-state index contributed by atoms with van der Waals surface area (Å²) in [6.45, 7) is 2.08. The van der Waals surface area contributed by atoms with Gasteiger partial charge < -0.3 is 5.32 Å². The quantitative estimate of drug-likeness (QED) is 0.834. The van der Waals surface area contributed by atoms with Gasteiger partial charge in [0, 0.05) is 11.8 Å². The highest BCUT2D eigenvalue weighted by Crippen LogP contribution is 2.10. The fraction of sp³-hybridized carbons (Fsp3) is 0.118. The van der Waals surface area contributed by atoms with Crippen molar-refractivity contribution in [3.05, 3.63) is 71.6 Å². The normalized spacial score (nSPS) is 10.7. The molecule has 3 heteroatoms. The summed E-state index contributed by atoms with van der Waals surface area (Å²) in [5.41, 5.74) is 2.62. The highest BCUT2D eigenvalue weighted by atomic mass is 19.1. The van der Waals surface area contributed by atoms with Crippen molar-refractivity contribution in [2.75, 3.05) is 5.32 Å². The molecule has 2 nitrogen and oxygen atoms in total. The second-order valence-electron chi connectivity index (χ2n) is 4.43. The van der Waals surface area contributed by atoms with Crippen LogP contribution in [-0.2, 0) is 11.2 Å². The van der Waals surface area contributed by atoms with Crippen LogP contribution in [0.2, 0.25) is 0 Å². The van der Waals surface area contributed by atoms with Crippen molar-refractivity contribution >= 4 is 17.7 Å². The second kappa shape index (κ2) is 6.66. The van der Waals surface area contributed by atoms with Crippen LogP contribution in [0.5, 0.6) is 0 Å². The van der Waals surface area contributed by atoms with Gasteiger partial charge in [0.15, 0.2) is 0 Å². The van der Waals surface area contributed by atoms with Crippen LogP contribution in [0.25, 0.3) is 6.08 Å². The van der Waals surface area contributed by atoms with E-state index in [0.29, 0.717) is 5.56 Å². The minimum absolute atomic E-state index is 0.237. The van der Waals surface area contributed by atoms with E-state index in [1.807, 2.05) is 24.3 Å². The van der Waals surface area contributed by atoms with Crippen LogP contribution in [0.15, 0.2) is 54.6 Å². The van der Waals surface area contributed by atoms with Gasteiger partial charge in [-0.3, -0.25) is 4.79 Å². The number of benzene rings is 2. The molecule has 0 radical (unpaired) electrons. The maximum atomic E-state index is 13.0. The van der Waals surface area contributed by atoms with Gasteiger partial charge in [-0.1, -0.05) is 31.2 Å². The molecule has 0 bridgehead atoms. The molecule has 0 atom stereocenters. The van der Waals surface area contributed by atoms with Crippen LogP contribution in [0.4, 0.5) is 10.1 Å². The number of hydrogen-bond donors (Lipinski definition) is 1. The van der Waals surface area contributed by atoms with Crippen molar-refractivity contribution < 1.29 is 9.18 Å². The molecule has 2 aromatic carbocycles. The molecule has 0 saturated heterocycles. The Kier molecular flexibility index (Phi) is 4.66. The maximum absolute atomic E-state index is 13.0. The van der Waals surface area contributed by atoms with E-state index in [9.17, 15) is 9.18 Å². The number of nitrogens with one attached hydrogen (secondary N) is 1. The van der Waals surface area contributed by atoms with Crippen LogP contribution >= 0.6 is 0 Å². The van der Waals surface area contributed by atoms with E-state index in [1.165, 1.54) is 23.8 Å². The molecular formula is C17H16FNO. The van der Waals surface area contributed by atoms with Gasteiger partial charge >= 0.3 is 0 Å². The highest BCUT2D eigenvalue weighted by Gasteiger charge is 1.98. The summed E-state index contributed by atoms with van der Waals surface area (Å²) in [7, 11) is 0. The molecule has 0 aromatic heterocycles. The van der Waals surface area contributed by atoms with E-state index in [2.05, 4.69) is 12.2 Å². The number of hydrogen-bond acceptors (Lipinski definition) is 1. The summed E-state index contributed by atoms with van der Waals surface area (Å²) in [6, 6.07) is 13.8.